The first-order chi connectivity index (χ1) is 15.9. The van der Waals surface area contributed by atoms with Crippen LogP contribution in [0.4, 0.5) is 26.3 Å². The number of nitrogens with one attached hydrogen (secondary N) is 2. The van der Waals surface area contributed by atoms with Crippen molar-refractivity contribution in [1.29, 1.82) is 0 Å². The van der Waals surface area contributed by atoms with E-state index in [1.807, 2.05) is 0 Å². The number of fused-ring (bicyclic) bond motifs is 1. The number of alkyl halides is 6. The Morgan fingerprint density at radius 1 is 1.09 bits per heavy atom. The molecule has 3 rings (SSSR count). The zero-order valence-electron chi connectivity index (χ0n) is 17.3. The van der Waals surface area contributed by atoms with Crippen LogP contribution in [0, 0.1) is 0 Å². The van der Waals surface area contributed by atoms with Gasteiger partial charge in [0, 0.05) is 18.4 Å². The van der Waals surface area contributed by atoms with Crippen molar-refractivity contribution < 1.29 is 35.9 Å². The molecule has 2 N–H and O–H groups in total. The molecule has 0 bridgehead atoms. The molecule has 14 heteroatoms. The molecule has 0 fully saturated rings. The molecule has 0 radical (unpaired) electrons. The van der Waals surface area contributed by atoms with Crippen molar-refractivity contribution in [3.8, 4) is 11.4 Å². The smallest absolute Gasteiger partial charge is 0.422 e. The molecular weight excluding hydrogens is 490 g/mol. The fourth-order valence-electron chi connectivity index (χ4n) is 2.84. The Labute approximate surface area is 192 Å². The van der Waals surface area contributed by atoms with Gasteiger partial charge in [-0.1, -0.05) is 11.8 Å². The number of hydrogen-bond acceptors (Lipinski definition) is 5. The fraction of sp³-hybridized carbons (Fsp3) is 0.350. The minimum atomic E-state index is -4.50. The van der Waals surface area contributed by atoms with E-state index in [4.69, 9.17) is 0 Å². The molecule has 3 aromatic rings. The predicted octanol–water partition coefficient (Wildman–Crippen LogP) is 4.21. The number of halogens is 6. The van der Waals surface area contributed by atoms with E-state index in [1.165, 1.54) is 35.0 Å². The number of amides is 1. The van der Waals surface area contributed by atoms with Crippen molar-refractivity contribution in [2.45, 2.75) is 30.4 Å². The van der Waals surface area contributed by atoms with Crippen molar-refractivity contribution in [3.63, 3.8) is 0 Å². The summed E-state index contributed by atoms with van der Waals surface area (Å²) in [6, 6.07) is 6.96. The molecule has 7 nitrogen and oxygen atoms in total. The Kier molecular flexibility index (Phi) is 7.79. The topological polar surface area (TPSA) is 89.0 Å². The molecule has 0 unspecified atom stereocenters. The average molecular weight is 508 g/mol. The lowest BCUT2D eigenvalue weighted by molar-refractivity contribution is -0.153. The molecule has 0 saturated heterocycles. The molecule has 0 aliphatic heterocycles. The zero-order chi connectivity index (χ0) is 24.9. The Bertz CT molecular complexity index is 1190. The van der Waals surface area contributed by atoms with Crippen LogP contribution in [0.1, 0.15) is 12.8 Å². The number of thioether (sulfide) groups is 1. The highest BCUT2D eigenvalue weighted by Crippen LogP contribution is 2.24. The second-order valence-electron chi connectivity index (χ2n) is 7.01. The molecule has 0 aliphatic rings. The normalized spacial score (nSPS) is 12.2. The van der Waals surface area contributed by atoms with Gasteiger partial charge in [0.05, 0.1) is 11.2 Å². The lowest BCUT2D eigenvalue weighted by atomic mass is 10.3. The predicted molar refractivity (Wildman–Crippen MR) is 112 cm³/mol. The largest absolute Gasteiger partial charge is 0.484 e. The summed E-state index contributed by atoms with van der Waals surface area (Å²) in [7, 11) is 0. The summed E-state index contributed by atoms with van der Waals surface area (Å²) in [6.45, 7) is -2.87. The third-order valence-corrected chi connectivity index (χ3v) is 5.34. The second kappa shape index (κ2) is 10.4. The van der Waals surface area contributed by atoms with Gasteiger partial charge in [0.1, 0.15) is 17.8 Å². The summed E-state index contributed by atoms with van der Waals surface area (Å²) in [5.74, 6) is -0.518. The van der Waals surface area contributed by atoms with Crippen LogP contribution < -0.4 is 15.6 Å². The van der Waals surface area contributed by atoms with Gasteiger partial charge < -0.3 is 15.0 Å². The lowest BCUT2D eigenvalue weighted by Gasteiger charge is -2.13. The molecule has 1 aromatic carbocycles. The van der Waals surface area contributed by atoms with Crippen molar-refractivity contribution in [3.05, 3.63) is 46.9 Å². The van der Waals surface area contributed by atoms with E-state index in [-0.39, 0.29) is 35.0 Å². The van der Waals surface area contributed by atoms with Gasteiger partial charge in [-0.05, 0) is 36.8 Å². The van der Waals surface area contributed by atoms with E-state index < -0.39 is 37.0 Å². The highest BCUT2D eigenvalue weighted by atomic mass is 32.2. The molecule has 0 saturated carbocycles. The third-order valence-electron chi connectivity index (χ3n) is 4.31. The summed E-state index contributed by atoms with van der Waals surface area (Å²) in [5.41, 5.74) is 0.466. The fourth-order valence-corrected chi connectivity index (χ4v) is 3.79. The van der Waals surface area contributed by atoms with Crippen molar-refractivity contribution in [2.24, 2.45) is 0 Å². The molecule has 1 amide bonds. The average Bonchev–Trinajstić information content (AvgIpc) is 3.22. The number of aromatic nitrogens is 3. The van der Waals surface area contributed by atoms with E-state index in [1.54, 1.807) is 11.4 Å². The number of aromatic amines is 1. The van der Waals surface area contributed by atoms with E-state index in [0.717, 1.165) is 11.8 Å². The van der Waals surface area contributed by atoms with Gasteiger partial charge in [-0.15, -0.1) is 0 Å². The van der Waals surface area contributed by atoms with Gasteiger partial charge in [0.15, 0.2) is 11.8 Å². The van der Waals surface area contributed by atoms with Gasteiger partial charge in [-0.2, -0.15) is 26.3 Å². The molecule has 2 heterocycles. The first-order valence-electron chi connectivity index (χ1n) is 9.79. The highest BCUT2D eigenvalue weighted by Gasteiger charge is 2.28. The number of benzene rings is 1. The van der Waals surface area contributed by atoms with Gasteiger partial charge >= 0.3 is 12.4 Å². The maximum absolute atomic E-state index is 13.0. The molecule has 2 aromatic heterocycles. The van der Waals surface area contributed by atoms with E-state index in [0.29, 0.717) is 11.2 Å². The Balaban J connectivity index is 1.73. The maximum atomic E-state index is 13.0. The van der Waals surface area contributed by atoms with Crippen LogP contribution in [-0.4, -0.2) is 51.7 Å². The standard InChI is InChI=1S/C20H18F6N4O3S/c21-19(22,23)10-28-15(31)2-1-9-34-18-29-14-7-8-27-16(14)17(32)30(18)12-3-5-13(6-4-12)33-11-20(24,25)26/h3-8,27H,1-2,9-11H2,(H,28,31). The molecule has 0 aliphatic carbocycles. The van der Waals surface area contributed by atoms with E-state index in [9.17, 15) is 35.9 Å². The van der Waals surface area contributed by atoms with Crippen LogP contribution in [0.2, 0.25) is 0 Å². The van der Waals surface area contributed by atoms with Gasteiger partial charge in [-0.25, -0.2) is 4.98 Å². The van der Waals surface area contributed by atoms with Crippen LogP contribution >= 0.6 is 11.8 Å². The number of H-pyrrole nitrogens is 1. The second-order valence-corrected chi connectivity index (χ2v) is 8.08. The number of hydrogen-bond donors (Lipinski definition) is 2. The molecule has 0 atom stereocenters. The Morgan fingerprint density at radius 3 is 2.44 bits per heavy atom. The quantitative estimate of drug-likeness (QED) is 0.196. The minimum absolute atomic E-state index is 0.0397. The molecule has 34 heavy (non-hydrogen) atoms. The summed E-state index contributed by atoms with van der Waals surface area (Å²) >= 11 is 1.11. The SMILES string of the molecule is O=C(CCCSc1nc2cc[nH]c2c(=O)n1-c1ccc(OCC(F)(F)F)cc1)NCC(F)(F)F. The summed E-state index contributed by atoms with van der Waals surface area (Å²) in [6.07, 6.45) is -7.39. The number of carbonyl (C=O) groups excluding carboxylic acids is 1. The van der Waals surface area contributed by atoms with Gasteiger partial charge in [-0.3, -0.25) is 14.2 Å². The Hall–Kier alpha value is -3.16. The number of carbonyl (C=O) groups is 1. The van der Waals surface area contributed by atoms with Gasteiger partial charge in [0.25, 0.3) is 5.56 Å². The van der Waals surface area contributed by atoms with E-state index >= 15 is 0 Å². The van der Waals surface area contributed by atoms with Crippen molar-refractivity contribution >= 4 is 28.7 Å². The van der Waals surface area contributed by atoms with Crippen LogP contribution in [-0.2, 0) is 4.79 Å². The minimum Gasteiger partial charge on any atom is -0.484 e. The molecule has 184 valence electrons. The number of nitrogens with zero attached hydrogens (tertiary/aromatic N) is 2. The van der Waals surface area contributed by atoms with Crippen LogP contribution in [0.5, 0.6) is 5.75 Å². The maximum Gasteiger partial charge on any atom is 0.422 e. The Morgan fingerprint density at radius 2 is 1.79 bits per heavy atom. The van der Waals surface area contributed by atoms with Crippen LogP contribution in [0.15, 0.2) is 46.5 Å². The van der Waals surface area contributed by atoms with Gasteiger partial charge in [0.2, 0.25) is 5.91 Å². The number of rotatable bonds is 9. The zero-order valence-corrected chi connectivity index (χ0v) is 18.1. The van der Waals surface area contributed by atoms with Crippen molar-refractivity contribution in [2.75, 3.05) is 18.9 Å². The summed E-state index contributed by atoms with van der Waals surface area (Å²) < 4.78 is 79.5. The van der Waals surface area contributed by atoms with Crippen LogP contribution in [0.3, 0.4) is 0 Å². The molecule has 0 spiro atoms. The highest BCUT2D eigenvalue weighted by molar-refractivity contribution is 7.99. The number of ether oxygens (including phenoxy) is 1. The first kappa shape index (κ1) is 25.5. The summed E-state index contributed by atoms with van der Waals surface area (Å²) in [4.78, 5) is 31.8. The lowest BCUT2D eigenvalue weighted by Crippen LogP contribution is -2.33. The van der Waals surface area contributed by atoms with E-state index in [2.05, 4.69) is 14.7 Å². The summed E-state index contributed by atoms with van der Waals surface area (Å²) in [5, 5.41) is 2.03. The third kappa shape index (κ3) is 7.17. The van der Waals surface area contributed by atoms with Crippen molar-refractivity contribution in [1.82, 2.24) is 19.9 Å². The van der Waals surface area contributed by atoms with Crippen LogP contribution in [0.25, 0.3) is 16.7 Å². The first-order valence-corrected chi connectivity index (χ1v) is 10.8. The monoisotopic (exact) mass is 508 g/mol. The molecular formula is C20H18F6N4O3S.